The maximum Gasteiger partial charge on any atom is 0.242 e. The van der Waals surface area contributed by atoms with Crippen LogP contribution in [0.3, 0.4) is 0 Å². The number of ether oxygens (including phenoxy) is 2. The molecule has 0 saturated carbocycles. The van der Waals surface area contributed by atoms with Crippen molar-refractivity contribution < 1.29 is 14.3 Å². The highest BCUT2D eigenvalue weighted by atomic mass is 32.2. The molecule has 4 rings (SSSR count). The largest absolute Gasteiger partial charge is 0.493 e. The van der Waals surface area contributed by atoms with Gasteiger partial charge >= 0.3 is 0 Å². The standard InChI is InChI=1S/C25H25N3O3S/c1-4-23-24(29)28(16-19-10-7-9-18-8-5-6-11-20(18)19)25(32-23)27-26-15-17-12-13-21(30-2)22(14-17)31-3/h5-15,23H,4,16H2,1-3H3/b26-15+,27-25-. The maximum atomic E-state index is 13.0. The molecule has 1 fully saturated rings. The second-order valence-electron chi connectivity index (χ2n) is 7.32. The van der Waals surface area contributed by atoms with Crippen molar-refractivity contribution in [3.05, 3.63) is 71.8 Å². The summed E-state index contributed by atoms with van der Waals surface area (Å²) >= 11 is 1.47. The monoisotopic (exact) mass is 447 g/mol. The van der Waals surface area contributed by atoms with Gasteiger partial charge in [-0.2, -0.15) is 5.10 Å². The molecule has 3 aromatic rings. The Balaban J connectivity index is 1.60. The Bertz CT molecular complexity index is 1190. The molecule has 0 N–H and O–H groups in total. The molecular formula is C25H25N3O3S. The molecule has 0 spiro atoms. The average molecular weight is 448 g/mol. The van der Waals surface area contributed by atoms with Crippen LogP contribution < -0.4 is 9.47 Å². The minimum absolute atomic E-state index is 0.0745. The summed E-state index contributed by atoms with van der Waals surface area (Å²) in [5.41, 5.74) is 1.92. The van der Waals surface area contributed by atoms with E-state index in [4.69, 9.17) is 9.47 Å². The number of hydrogen-bond donors (Lipinski definition) is 0. The summed E-state index contributed by atoms with van der Waals surface area (Å²) < 4.78 is 10.6. The lowest BCUT2D eigenvalue weighted by Crippen LogP contribution is -2.31. The maximum absolute atomic E-state index is 13.0. The number of hydrogen-bond acceptors (Lipinski definition) is 6. The van der Waals surface area contributed by atoms with Crippen LogP contribution in [0.2, 0.25) is 0 Å². The molecule has 7 heteroatoms. The van der Waals surface area contributed by atoms with Crippen LogP contribution in [0, 0.1) is 0 Å². The molecule has 6 nitrogen and oxygen atoms in total. The van der Waals surface area contributed by atoms with E-state index in [0.717, 1.165) is 28.3 Å². The summed E-state index contributed by atoms with van der Waals surface area (Å²) in [7, 11) is 3.19. The van der Waals surface area contributed by atoms with Crippen molar-refractivity contribution in [3.8, 4) is 11.5 Å². The number of fused-ring (bicyclic) bond motifs is 1. The molecule has 1 amide bonds. The molecule has 164 valence electrons. The van der Waals surface area contributed by atoms with E-state index in [9.17, 15) is 4.79 Å². The highest BCUT2D eigenvalue weighted by molar-refractivity contribution is 8.15. The van der Waals surface area contributed by atoms with Gasteiger partial charge in [0.2, 0.25) is 5.91 Å². The highest BCUT2D eigenvalue weighted by Gasteiger charge is 2.37. The smallest absolute Gasteiger partial charge is 0.242 e. The Kier molecular flexibility index (Phi) is 6.75. The first-order valence-electron chi connectivity index (χ1n) is 10.4. The number of amidine groups is 1. The number of rotatable bonds is 7. The van der Waals surface area contributed by atoms with Gasteiger partial charge in [0.15, 0.2) is 16.7 Å². The van der Waals surface area contributed by atoms with E-state index in [2.05, 4.69) is 34.5 Å². The van der Waals surface area contributed by atoms with E-state index in [1.165, 1.54) is 11.8 Å². The van der Waals surface area contributed by atoms with Gasteiger partial charge in [-0.15, -0.1) is 5.10 Å². The van der Waals surface area contributed by atoms with E-state index >= 15 is 0 Å². The molecule has 0 bridgehead atoms. The molecule has 1 saturated heterocycles. The third kappa shape index (κ3) is 4.48. The van der Waals surface area contributed by atoms with Crippen molar-refractivity contribution >= 4 is 39.8 Å². The highest BCUT2D eigenvalue weighted by Crippen LogP contribution is 2.32. The quantitative estimate of drug-likeness (QED) is 0.373. The van der Waals surface area contributed by atoms with Crippen LogP contribution in [-0.2, 0) is 11.3 Å². The van der Waals surface area contributed by atoms with E-state index in [1.807, 2.05) is 43.3 Å². The van der Waals surface area contributed by atoms with Gasteiger partial charge in [-0.3, -0.25) is 9.69 Å². The van der Waals surface area contributed by atoms with Crippen molar-refractivity contribution in [1.29, 1.82) is 0 Å². The molecule has 3 aromatic carbocycles. The Hall–Kier alpha value is -3.32. The van der Waals surface area contributed by atoms with Gasteiger partial charge in [-0.25, -0.2) is 0 Å². The van der Waals surface area contributed by atoms with Crippen LogP contribution in [0.4, 0.5) is 0 Å². The first-order valence-corrected chi connectivity index (χ1v) is 11.3. The van der Waals surface area contributed by atoms with Crippen LogP contribution in [0.15, 0.2) is 70.9 Å². The lowest BCUT2D eigenvalue weighted by Gasteiger charge is -2.17. The summed E-state index contributed by atoms with van der Waals surface area (Å²) in [6, 6.07) is 19.9. The predicted molar refractivity (Wildman–Crippen MR) is 131 cm³/mol. The molecule has 0 radical (unpaired) electrons. The molecule has 1 unspecified atom stereocenters. The van der Waals surface area contributed by atoms with E-state index in [0.29, 0.717) is 23.2 Å². The van der Waals surface area contributed by atoms with Crippen LogP contribution >= 0.6 is 11.8 Å². The third-order valence-electron chi connectivity index (χ3n) is 5.36. The molecule has 0 aromatic heterocycles. The Morgan fingerprint density at radius 1 is 1.03 bits per heavy atom. The summed E-state index contributed by atoms with van der Waals surface area (Å²) in [6.07, 6.45) is 2.39. The third-order valence-corrected chi connectivity index (χ3v) is 6.69. The van der Waals surface area contributed by atoms with Crippen molar-refractivity contribution in [2.45, 2.75) is 25.1 Å². The zero-order valence-corrected chi connectivity index (χ0v) is 19.1. The second kappa shape index (κ2) is 9.87. The van der Waals surface area contributed by atoms with Gasteiger partial charge in [0, 0.05) is 0 Å². The fraction of sp³-hybridized carbons (Fsp3) is 0.240. The van der Waals surface area contributed by atoms with Crippen molar-refractivity contribution in [1.82, 2.24) is 4.90 Å². The minimum Gasteiger partial charge on any atom is -0.493 e. The van der Waals surface area contributed by atoms with Gasteiger partial charge < -0.3 is 9.47 Å². The first kappa shape index (κ1) is 21.9. The minimum atomic E-state index is -0.139. The van der Waals surface area contributed by atoms with Gasteiger partial charge in [0.25, 0.3) is 0 Å². The van der Waals surface area contributed by atoms with Crippen molar-refractivity contribution in [2.75, 3.05) is 14.2 Å². The van der Waals surface area contributed by atoms with Gasteiger partial charge in [0.1, 0.15) is 0 Å². The number of methoxy groups -OCH3 is 2. The normalized spacial score (nSPS) is 17.6. The number of carbonyl (C=O) groups excluding carboxylic acids is 1. The average Bonchev–Trinajstić information content (AvgIpc) is 3.13. The lowest BCUT2D eigenvalue weighted by molar-refractivity contribution is -0.126. The van der Waals surface area contributed by atoms with Crippen LogP contribution in [0.5, 0.6) is 11.5 Å². The van der Waals surface area contributed by atoms with Gasteiger partial charge in [-0.05, 0) is 46.5 Å². The molecule has 1 aliphatic rings. The number of amides is 1. The summed E-state index contributed by atoms with van der Waals surface area (Å²) in [5.74, 6) is 1.35. The molecule has 0 aliphatic carbocycles. The molecule has 1 heterocycles. The van der Waals surface area contributed by atoms with Crippen LogP contribution in [-0.4, -0.2) is 41.7 Å². The Morgan fingerprint density at radius 3 is 2.59 bits per heavy atom. The molecule has 32 heavy (non-hydrogen) atoms. The lowest BCUT2D eigenvalue weighted by atomic mass is 10.0. The fourth-order valence-corrected chi connectivity index (χ4v) is 4.69. The zero-order valence-electron chi connectivity index (χ0n) is 18.3. The predicted octanol–water partition coefficient (Wildman–Crippen LogP) is 5.10. The van der Waals surface area contributed by atoms with Crippen molar-refractivity contribution in [3.63, 3.8) is 0 Å². The summed E-state index contributed by atoms with van der Waals surface area (Å²) in [6.45, 7) is 2.48. The van der Waals surface area contributed by atoms with Crippen LogP contribution in [0.25, 0.3) is 10.8 Å². The van der Waals surface area contributed by atoms with E-state index < -0.39 is 0 Å². The molecule has 1 aliphatic heterocycles. The first-order chi connectivity index (χ1) is 15.6. The molecule has 1 atom stereocenters. The topological polar surface area (TPSA) is 63.5 Å². The Labute approximate surface area is 191 Å². The summed E-state index contributed by atoms with van der Waals surface area (Å²) in [4.78, 5) is 14.8. The van der Waals surface area contributed by atoms with Gasteiger partial charge in [0.05, 0.1) is 32.2 Å². The fourth-order valence-electron chi connectivity index (χ4n) is 3.67. The molecular weight excluding hydrogens is 422 g/mol. The Morgan fingerprint density at radius 2 is 1.81 bits per heavy atom. The second-order valence-corrected chi connectivity index (χ2v) is 8.49. The number of carbonyl (C=O) groups is 1. The van der Waals surface area contributed by atoms with E-state index in [1.54, 1.807) is 25.3 Å². The SMILES string of the molecule is CCC1S/C(=N\N=C\c2ccc(OC)c(OC)c2)N(Cc2cccc3ccccc23)C1=O. The van der Waals surface area contributed by atoms with Crippen LogP contribution in [0.1, 0.15) is 24.5 Å². The number of benzene rings is 3. The zero-order chi connectivity index (χ0) is 22.5. The van der Waals surface area contributed by atoms with E-state index in [-0.39, 0.29) is 11.2 Å². The van der Waals surface area contributed by atoms with Gasteiger partial charge in [-0.1, -0.05) is 61.2 Å². The van der Waals surface area contributed by atoms with Crippen molar-refractivity contribution in [2.24, 2.45) is 10.2 Å². The number of nitrogens with zero attached hydrogens (tertiary/aromatic N) is 3. The number of thioether (sulfide) groups is 1. The summed E-state index contributed by atoms with van der Waals surface area (Å²) in [5, 5.41) is 11.4.